The van der Waals surface area contributed by atoms with E-state index in [0.29, 0.717) is 22.6 Å². The second-order valence-corrected chi connectivity index (χ2v) is 8.10. The first-order valence-corrected chi connectivity index (χ1v) is 11.1. The van der Waals surface area contributed by atoms with Gasteiger partial charge >= 0.3 is 0 Å². The van der Waals surface area contributed by atoms with Gasteiger partial charge in [-0.05, 0) is 54.4 Å². The van der Waals surface area contributed by atoms with Crippen LogP contribution in [-0.4, -0.2) is 14.7 Å². The summed E-state index contributed by atoms with van der Waals surface area (Å²) in [5.41, 5.74) is 4.91. The number of nitrogens with one attached hydrogen (secondary N) is 1. The zero-order valence-corrected chi connectivity index (χ0v) is 18.3. The number of hydrogen-bond donors (Lipinski definition) is 2. The van der Waals surface area contributed by atoms with Crippen LogP contribution in [0, 0.1) is 6.92 Å². The maximum atomic E-state index is 13.0. The van der Waals surface area contributed by atoms with E-state index in [4.69, 9.17) is 0 Å². The van der Waals surface area contributed by atoms with Crippen LogP contribution in [0.5, 0.6) is 0 Å². The molecule has 1 atom stereocenters. The lowest BCUT2D eigenvalue weighted by Crippen LogP contribution is -2.23. The van der Waals surface area contributed by atoms with Gasteiger partial charge in [0.15, 0.2) is 0 Å². The lowest BCUT2D eigenvalue weighted by molar-refractivity contribution is 0.102. The first kappa shape index (κ1) is 21.5. The van der Waals surface area contributed by atoms with E-state index in [2.05, 4.69) is 5.32 Å². The maximum Gasteiger partial charge on any atom is 0.266 e. The molecule has 0 aliphatic heterocycles. The van der Waals surface area contributed by atoms with E-state index in [1.807, 2.05) is 73.7 Å². The molecule has 4 rings (SSSR count). The van der Waals surface area contributed by atoms with Crippen molar-refractivity contribution in [3.63, 3.8) is 0 Å². The van der Waals surface area contributed by atoms with Gasteiger partial charge in [-0.1, -0.05) is 72.3 Å². The summed E-state index contributed by atoms with van der Waals surface area (Å²) in [7, 11) is 0. The number of anilines is 3. The van der Waals surface area contributed by atoms with Crippen LogP contribution in [0.2, 0.25) is 0 Å². The van der Waals surface area contributed by atoms with E-state index < -0.39 is 11.3 Å². The van der Waals surface area contributed by atoms with E-state index in [1.54, 1.807) is 36.4 Å². The molecule has 0 bridgehead atoms. The highest BCUT2D eigenvalue weighted by Gasteiger charge is 2.22. The minimum Gasteiger partial charge on any atom is -0.322 e. The van der Waals surface area contributed by atoms with E-state index in [9.17, 15) is 13.6 Å². The van der Waals surface area contributed by atoms with Crippen LogP contribution in [0.25, 0.3) is 11.1 Å². The molecule has 0 fully saturated rings. The fourth-order valence-electron chi connectivity index (χ4n) is 3.41. The molecule has 0 saturated heterocycles. The van der Waals surface area contributed by atoms with Gasteiger partial charge in [0.25, 0.3) is 17.2 Å². The van der Waals surface area contributed by atoms with Crippen LogP contribution in [-0.2, 0) is 11.3 Å². The van der Waals surface area contributed by atoms with E-state index in [-0.39, 0.29) is 5.91 Å². The first-order chi connectivity index (χ1) is 15.5. The van der Waals surface area contributed by atoms with Crippen molar-refractivity contribution in [3.05, 3.63) is 114 Å². The zero-order valence-electron chi connectivity index (χ0n) is 17.4. The summed E-state index contributed by atoms with van der Waals surface area (Å²) in [6.45, 7) is 1.97. The van der Waals surface area contributed by atoms with Gasteiger partial charge in [0, 0.05) is 5.69 Å². The van der Waals surface area contributed by atoms with Crippen LogP contribution in [0.4, 0.5) is 17.1 Å². The Balaban J connectivity index is 1.67. The van der Waals surface area contributed by atoms with Crippen molar-refractivity contribution in [2.24, 2.45) is 0 Å². The predicted molar refractivity (Wildman–Crippen MR) is 130 cm³/mol. The molecule has 4 aromatic carbocycles. The summed E-state index contributed by atoms with van der Waals surface area (Å²) >= 11 is -2.38. The quantitative estimate of drug-likeness (QED) is 0.350. The lowest BCUT2D eigenvalue weighted by Gasteiger charge is -2.23. The topological polar surface area (TPSA) is 69.6 Å². The molecular formula is C26H22N2O3S. The Morgan fingerprint density at radius 1 is 0.781 bits per heavy atom. The van der Waals surface area contributed by atoms with Gasteiger partial charge in [0.05, 0.1) is 16.9 Å². The molecule has 4 aromatic rings. The van der Waals surface area contributed by atoms with Gasteiger partial charge < -0.3 is 5.32 Å². The second kappa shape index (κ2) is 9.60. The van der Waals surface area contributed by atoms with Crippen LogP contribution >= 0.6 is 0 Å². The molecular weight excluding hydrogens is 420 g/mol. The van der Waals surface area contributed by atoms with E-state index in [0.717, 1.165) is 16.7 Å². The molecule has 0 radical (unpaired) electrons. The van der Waals surface area contributed by atoms with Crippen molar-refractivity contribution in [2.45, 2.75) is 6.92 Å². The molecule has 0 aromatic heterocycles. The Bertz CT molecular complexity index is 1240. The SMILES string of the molecule is Cc1ccc(NC(=O)c2ccccc2N(c2ccc(-c3ccccc3)cc2)S(=O)O)cc1. The number of aryl methyl sites for hydroxylation is 1. The number of carbonyl (C=O) groups excluding carboxylic acids is 1. The van der Waals surface area contributed by atoms with Crippen molar-refractivity contribution in [1.29, 1.82) is 0 Å². The van der Waals surface area contributed by atoms with Gasteiger partial charge in [0.2, 0.25) is 0 Å². The van der Waals surface area contributed by atoms with Crippen molar-refractivity contribution in [1.82, 2.24) is 0 Å². The van der Waals surface area contributed by atoms with Gasteiger partial charge in [0.1, 0.15) is 0 Å². The Labute approximate surface area is 189 Å². The molecule has 160 valence electrons. The van der Waals surface area contributed by atoms with Gasteiger partial charge in [-0.15, -0.1) is 0 Å². The van der Waals surface area contributed by atoms with Crippen LogP contribution in [0.1, 0.15) is 15.9 Å². The molecule has 32 heavy (non-hydrogen) atoms. The molecule has 0 aliphatic rings. The summed E-state index contributed by atoms with van der Waals surface area (Å²) in [5.74, 6) is -0.360. The summed E-state index contributed by atoms with van der Waals surface area (Å²) in [6.07, 6.45) is 0. The van der Waals surface area contributed by atoms with Crippen molar-refractivity contribution in [3.8, 4) is 11.1 Å². The molecule has 0 saturated carbocycles. The number of benzene rings is 4. The number of hydrogen-bond acceptors (Lipinski definition) is 2. The molecule has 1 amide bonds. The largest absolute Gasteiger partial charge is 0.322 e. The summed E-state index contributed by atoms with van der Waals surface area (Å²) in [4.78, 5) is 13.0. The van der Waals surface area contributed by atoms with Crippen molar-refractivity contribution < 1.29 is 13.6 Å². The molecule has 5 nitrogen and oxygen atoms in total. The Kier molecular flexibility index (Phi) is 6.44. The summed E-state index contributed by atoms with van der Waals surface area (Å²) in [6, 6.07) is 31.4. The van der Waals surface area contributed by atoms with E-state index >= 15 is 0 Å². The van der Waals surface area contributed by atoms with Gasteiger partial charge in [-0.3, -0.25) is 9.35 Å². The van der Waals surface area contributed by atoms with Crippen LogP contribution < -0.4 is 9.62 Å². The number of rotatable bonds is 6. The van der Waals surface area contributed by atoms with Crippen molar-refractivity contribution in [2.75, 3.05) is 9.62 Å². The number of para-hydroxylation sites is 1. The van der Waals surface area contributed by atoms with E-state index in [1.165, 1.54) is 4.31 Å². The highest BCUT2D eigenvalue weighted by molar-refractivity contribution is 7.81. The minimum absolute atomic E-state index is 0.294. The second-order valence-electron chi connectivity index (χ2n) is 7.28. The normalized spacial score (nSPS) is 11.6. The zero-order chi connectivity index (χ0) is 22.5. The highest BCUT2D eigenvalue weighted by Crippen LogP contribution is 2.32. The molecule has 0 spiro atoms. The molecule has 2 N–H and O–H groups in total. The summed E-state index contributed by atoms with van der Waals surface area (Å²) < 4.78 is 23.7. The number of nitrogens with zero attached hydrogens (tertiary/aromatic N) is 1. The van der Waals surface area contributed by atoms with Gasteiger partial charge in [-0.2, -0.15) is 0 Å². The predicted octanol–water partition coefficient (Wildman–Crippen LogP) is 6.19. The van der Waals surface area contributed by atoms with Gasteiger partial charge in [-0.25, -0.2) is 8.51 Å². The molecule has 0 aliphatic carbocycles. The average Bonchev–Trinajstić information content (AvgIpc) is 2.82. The smallest absolute Gasteiger partial charge is 0.266 e. The maximum absolute atomic E-state index is 13.0. The third kappa shape index (κ3) is 4.77. The minimum atomic E-state index is -2.38. The Hall–Kier alpha value is -3.74. The Morgan fingerprint density at radius 2 is 1.38 bits per heavy atom. The summed E-state index contributed by atoms with van der Waals surface area (Å²) in [5, 5.41) is 2.86. The number of amides is 1. The number of carbonyl (C=O) groups is 1. The first-order valence-electron chi connectivity index (χ1n) is 10.1. The standard InChI is InChI=1S/C26H22N2O3S/c1-19-11-15-22(16-12-19)27-26(29)24-9-5-6-10-25(24)28(32(30)31)23-17-13-21(14-18-23)20-7-3-2-4-8-20/h2-18H,1H3,(H,27,29)(H,30,31). The van der Waals surface area contributed by atoms with Crippen LogP contribution in [0.15, 0.2) is 103 Å². The molecule has 1 unspecified atom stereocenters. The highest BCUT2D eigenvalue weighted by atomic mass is 32.2. The fourth-order valence-corrected chi connectivity index (χ4v) is 4.04. The third-order valence-corrected chi connectivity index (χ3v) is 5.76. The van der Waals surface area contributed by atoms with Crippen LogP contribution in [0.3, 0.4) is 0 Å². The van der Waals surface area contributed by atoms with Crippen molar-refractivity contribution >= 4 is 34.2 Å². The molecule has 0 heterocycles. The lowest BCUT2D eigenvalue weighted by atomic mass is 10.1. The average molecular weight is 443 g/mol. The monoisotopic (exact) mass is 442 g/mol. The molecule has 6 heteroatoms. The fraction of sp³-hybridized carbons (Fsp3) is 0.0385. The Morgan fingerprint density at radius 3 is 2.03 bits per heavy atom. The third-order valence-electron chi connectivity index (χ3n) is 5.04.